The molecule has 0 spiro atoms. The third-order valence-electron chi connectivity index (χ3n) is 10.4. The van der Waals surface area contributed by atoms with E-state index in [1.165, 1.54) is 0 Å². The second kappa shape index (κ2) is 15.7. The number of hydrogen-bond donors (Lipinski definition) is 3. The number of fused-ring (bicyclic) bond motifs is 1. The van der Waals surface area contributed by atoms with Gasteiger partial charge < -0.3 is 29.8 Å². The number of aliphatic hydroxyl groups is 1. The first-order chi connectivity index (χ1) is 26.0. The fraction of sp³-hybridized carbons (Fsp3) is 0.279. The zero-order valence-corrected chi connectivity index (χ0v) is 29.4. The molecule has 0 saturated carbocycles. The van der Waals surface area contributed by atoms with Crippen LogP contribution in [0.2, 0.25) is 0 Å². The number of nitrogens with one attached hydrogen (secondary N) is 2. The van der Waals surface area contributed by atoms with Crippen LogP contribution >= 0.6 is 0 Å². The highest BCUT2D eigenvalue weighted by Gasteiger charge is 2.34. The minimum atomic E-state index is -0.583. The number of aromatic nitrogens is 3. The van der Waals surface area contributed by atoms with Crippen LogP contribution in [0.15, 0.2) is 126 Å². The molecule has 4 heterocycles. The molecule has 3 N–H and O–H groups in total. The number of para-hydroxylation sites is 2. The SMILES string of the molecule is O=C(NCc1cccc(-c2cccc([C@@H]3O[C@H](CN4CCC(n5c(=O)[nH]c6ccccc65)CC4)C[C@H](c4ccc(CO)cc4)O3)c2)c1)c1cccnc1. The van der Waals surface area contributed by atoms with Crippen LogP contribution in [0.4, 0.5) is 0 Å². The minimum absolute atomic E-state index is 0.00827. The van der Waals surface area contributed by atoms with E-state index in [1.807, 2.05) is 77.4 Å². The molecule has 10 heteroatoms. The van der Waals surface area contributed by atoms with Gasteiger partial charge in [0.25, 0.3) is 5.91 Å². The Morgan fingerprint density at radius 1 is 0.849 bits per heavy atom. The Hall–Kier alpha value is -5.39. The molecule has 2 aliphatic rings. The first kappa shape index (κ1) is 34.7. The van der Waals surface area contributed by atoms with Crippen molar-refractivity contribution in [1.29, 1.82) is 0 Å². The van der Waals surface area contributed by atoms with Gasteiger partial charge in [-0.05, 0) is 77.1 Å². The normalized spacial score (nSPS) is 19.7. The van der Waals surface area contributed by atoms with Crippen molar-refractivity contribution in [3.8, 4) is 11.1 Å². The molecule has 6 aromatic rings. The number of H-pyrrole nitrogens is 1. The molecule has 270 valence electrons. The topological polar surface area (TPSA) is 122 Å². The van der Waals surface area contributed by atoms with E-state index in [0.717, 1.165) is 76.9 Å². The number of nitrogens with zero attached hydrogens (tertiary/aromatic N) is 3. The number of benzene rings is 4. The summed E-state index contributed by atoms with van der Waals surface area (Å²) < 4.78 is 15.4. The molecule has 0 aliphatic carbocycles. The maximum Gasteiger partial charge on any atom is 0.326 e. The van der Waals surface area contributed by atoms with Crippen molar-refractivity contribution in [1.82, 2.24) is 24.8 Å². The van der Waals surface area contributed by atoms with E-state index < -0.39 is 6.29 Å². The van der Waals surface area contributed by atoms with Gasteiger partial charge in [0.15, 0.2) is 6.29 Å². The summed E-state index contributed by atoms with van der Waals surface area (Å²) in [5.74, 6) is -0.165. The zero-order valence-electron chi connectivity index (χ0n) is 29.4. The molecule has 0 bridgehead atoms. The molecule has 8 rings (SSSR count). The van der Waals surface area contributed by atoms with Gasteiger partial charge in [0.2, 0.25) is 0 Å². The summed E-state index contributed by atoms with van der Waals surface area (Å²) in [5.41, 5.74) is 8.19. The van der Waals surface area contributed by atoms with Crippen molar-refractivity contribution >= 4 is 16.9 Å². The Balaban J connectivity index is 0.979. The quantitative estimate of drug-likeness (QED) is 0.145. The smallest absolute Gasteiger partial charge is 0.326 e. The van der Waals surface area contributed by atoms with E-state index in [0.29, 0.717) is 18.5 Å². The predicted molar refractivity (Wildman–Crippen MR) is 203 cm³/mol. The van der Waals surface area contributed by atoms with Crippen LogP contribution in [-0.4, -0.2) is 56.2 Å². The van der Waals surface area contributed by atoms with Gasteiger partial charge in [-0.1, -0.05) is 72.8 Å². The van der Waals surface area contributed by atoms with Gasteiger partial charge in [-0.2, -0.15) is 0 Å². The number of aliphatic hydroxyl groups excluding tert-OH is 1. The Kier molecular flexibility index (Phi) is 10.3. The number of carbonyl (C=O) groups excluding carboxylic acids is 1. The highest BCUT2D eigenvalue weighted by atomic mass is 16.7. The predicted octanol–water partition coefficient (Wildman–Crippen LogP) is 6.70. The second-order valence-electron chi connectivity index (χ2n) is 13.9. The lowest BCUT2D eigenvalue weighted by Gasteiger charge is -2.40. The molecule has 10 nitrogen and oxygen atoms in total. The first-order valence-electron chi connectivity index (χ1n) is 18.3. The molecule has 2 saturated heterocycles. The number of rotatable bonds is 10. The Bertz CT molecular complexity index is 2230. The molecule has 3 atom stereocenters. The second-order valence-corrected chi connectivity index (χ2v) is 13.9. The third kappa shape index (κ3) is 7.86. The average molecular weight is 710 g/mol. The summed E-state index contributed by atoms with van der Waals surface area (Å²) in [6, 6.07) is 35.9. The molecule has 0 radical (unpaired) electrons. The van der Waals surface area contributed by atoms with E-state index in [9.17, 15) is 14.7 Å². The summed E-state index contributed by atoms with van der Waals surface area (Å²) >= 11 is 0. The van der Waals surface area contributed by atoms with Crippen LogP contribution in [0, 0.1) is 0 Å². The van der Waals surface area contributed by atoms with Gasteiger partial charge in [0, 0.05) is 56.6 Å². The van der Waals surface area contributed by atoms with E-state index in [-0.39, 0.29) is 36.5 Å². The summed E-state index contributed by atoms with van der Waals surface area (Å²) in [4.78, 5) is 35.0. The zero-order chi connectivity index (χ0) is 36.1. The largest absolute Gasteiger partial charge is 0.392 e. The number of likely N-dealkylation sites (tertiary alicyclic amines) is 1. The van der Waals surface area contributed by atoms with Gasteiger partial charge in [0.1, 0.15) is 0 Å². The molecule has 53 heavy (non-hydrogen) atoms. The standard InChI is InChI=1S/C43H43N5O5/c49-28-29-13-15-31(16-14-29)40-24-37(27-47-20-17-36(18-21-47)48-39-12-2-1-11-38(39)46-43(48)51)52-42(53-40)34-9-4-8-33(23-34)32-7-3-6-30(22-32)25-45-41(50)35-10-5-19-44-26-35/h1-16,19,22-23,26,36-37,40,42,49H,17-18,20-21,24-25,27-28H2,(H,45,50)(H,46,51)/t37-,40+,42+/m0/s1. The number of pyridine rings is 1. The number of imidazole rings is 1. The fourth-order valence-corrected chi connectivity index (χ4v) is 7.63. The highest BCUT2D eigenvalue weighted by molar-refractivity contribution is 5.93. The van der Waals surface area contributed by atoms with Crippen LogP contribution in [0.3, 0.4) is 0 Å². The molecular formula is C43H43N5O5. The number of amides is 1. The van der Waals surface area contributed by atoms with E-state index in [2.05, 4.69) is 44.5 Å². The van der Waals surface area contributed by atoms with E-state index in [4.69, 9.17) is 9.47 Å². The third-order valence-corrected chi connectivity index (χ3v) is 10.4. The van der Waals surface area contributed by atoms with Crippen LogP contribution < -0.4 is 11.0 Å². The van der Waals surface area contributed by atoms with Crippen molar-refractivity contribution in [2.75, 3.05) is 19.6 Å². The van der Waals surface area contributed by atoms with Crippen molar-refractivity contribution in [2.24, 2.45) is 0 Å². The lowest BCUT2D eigenvalue weighted by molar-refractivity contribution is -0.253. The van der Waals surface area contributed by atoms with Crippen LogP contribution in [0.25, 0.3) is 22.2 Å². The monoisotopic (exact) mass is 709 g/mol. The lowest BCUT2D eigenvalue weighted by Crippen LogP contribution is -2.43. The number of carbonyl (C=O) groups is 1. The van der Waals surface area contributed by atoms with Crippen LogP contribution in [-0.2, 0) is 22.6 Å². The Morgan fingerprint density at radius 2 is 1.64 bits per heavy atom. The van der Waals surface area contributed by atoms with Crippen molar-refractivity contribution < 1.29 is 19.4 Å². The molecule has 2 aromatic heterocycles. The van der Waals surface area contributed by atoms with Gasteiger partial charge in [0.05, 0.1) is 35.4 Å². The number of ether oxygens (including phenoxy) is 2. The van der Waals surface area contributed by atoms with Crippen LogP contribution in [0.1, 0.15) is 70.3 Å². The van der Waals surface area contributed by atoms with Crippen molar-refractivity contribution in [3.63, 3.8) is 0 Å². The van der Waals surface area contributed by atoms with E-state index >= 15 is 0 Å². The van der Waals surface area contributed by atoms with Crippen LogP contribution in [0.5, 0.6) is 0 Å². The molecular weight excluding hydrogens is 667 g/mol. The first-order valence-corrected chi connectivity index (χ1v) is 18.3. The summed E-state index contributed by atoms with van der Waals surface area (Å²) in [5, 5.41) is 12.6. The molecule has 2 fully saturated rings. The van der Waals surface area contributed by atoms with Gasteiger partial charge in [-0.25, -0.2) is 4.79 Å². The van der Waals surface area contributed by atoms with Gasteiger partial charge >= 0.3 is 5.69 Å². The average Bonchev–Trinajstić information content (AvgIpc) is 3.56. The Labute approximate surface area is 308 Å². The number of hydrogen-bond acceptors (Lipinski definition) is 7. The summed E-state index contributed by atoms with van der Waals surface area (Å²) in [6.45, 7) is 2.88. The Morgan fingerprint density at radius 3 is 2.43 bits per heavy atom. The lowest BCUT2D eigenvalue weighted by atomic mass is 9.97. The molecule has 2 aliphatic heterocycles. The van der Waals surface area contributed by atoms with Crippen molar-refractivity contribution in [2.45, 2.75) is 57.0 Å². The number of piperidine rings is 1. The summed E-state index contributed by atoms with van der Waals surface area (Å²) in [6.07, 6.45) is 4.81. The number of aromatic amines is 1. The van der Waals surface area contributed by atoms with Crippen molar-refractivity contribution in [3.05, 3.63) is 160 Å². The molecule has 1 amide bonds. The fourth-order valence-electron chi connectivity index (χ4n) is 7.63. The minimum Gasteiger partial charge on any atom is -0.392 e. The van der Waals surface area contributed by atoms with E-state index in [1.54, 1.807) is 24.5 Å². The maximum absolute atomic E-state index is 12.9. The molecule has 4 aromatic carbocycles. The molecule has 0 unspecified atom stereocenters. The maximum atomic E-state index is 12.9. The van der Waals surface area contributed by atoms with Gasteiger partial charge in [-0.15, -0.1) is 0 Å². The van der Waals surface area contributed by atoms with Gasteiger partial charge in [-0.3, -0.25) is 14.3 Å². The highest BCUT2D eigenvalue weighted by Crippen LogP contribution is 2.39. The summed E-state index contributed by atoms with van der Waals surface area (Å²) in [7, 11) is 0.